The molecule has 0 radical (unpaired) electrons. The van der Waals surface area contributed by atoms with Gasteiger partial charge in [-0.2, -0.15) is 0 Å². The summed E-state index contributed by atoms with van der Waals surface area (Å²) < 4.78 is 4.64. The minimum Gasteiger partial charge on any atom is -0.465 e. The van der Waals surface area contributed by atoms with Gasteiger partial charge in [0.15, 0.2) is 5.78 Å². The van der Waals surface area contributed by atoms with Crippen molar-refractivity contribution in [2.24, 2.45) is 5.92 Å². The number of carbonyl (C=O) groups is 2. The van der Waals surface area contributed by atoms with Crippen molar-refractivity contribution in [3.8, 4) is 0 Å². The van der Waals surface area contributed by atoms with Crippen LogP contribution in [-0.2, 0) is 4.74 Å². The van der Waals surface area contributed by atoms with E-state index in [1.165, 1.54) is 13.2 Å². The van der Waals surface area contributed by atoms with E-state index in [4.69, 9.17) is 11.6 Å². The van der Waals surface area contributed by atoms with Gasteiger partial charge in [0.05, 0.1) is 12.7 Å². The molecule has 0 spiro atoms. The predicted octanol–water partition coefficient (Wildman–Crippen LogP) is 3.36. The van der Waals surface area contributed by atoms with E-state index in [0.717, 1.165) is 0 Å². The minimum atomic E-state index is -0.542. The first-order chi connectivity index (χ1) is 7.95. The van der Waals surface area contributed by atoms with Crippen LogP contribution in [0.4, 0.5) is 0 Å². The maximum Gasteiger partial charge on any atom is 0.338 e. The van der Waals surface area contributed by atoms with E-state index >= 15 is 0 Å². The third-order valence-electron chi connectivity index (χ3n) is 2.28. The zero-order valence-electron chi connectivity index (χ0n) is 10.1. The maximum atomic E-state index is 12.0. The molecule has 0 amide bonds. The zero-order chi connectivity index (χ0) is 13.0. The van der Waals surface area contributed by atoms with E-state index in [1.807, 2.05) is 13.8 Å². The monoisotopic (exact) mass is 254 g/mol. The predicted molar refractivity (Wildman–Crippen MR) is 66.6 cm³/mol. The molecule has 0 saturated heterocycles. The van der Waals surface area contributed by atoms with Crippen LogP contribution >= 0.6 is 11.6 Å². The smallest absolute Gasteiger partial charge is 0.338 e. The van der Waals surface area contributed by atoms with Crippen LogP contribution in [0.2, 0.25) is 5.02 Å². The van der Waals surface area contributed by atoms with Gasteiger partial charge in [-0.05, 0) is 24.1 Å². The molecule has 0 aliphatic heterocycles. The number of ether oxygens (including phenoxy) is 1. The molecule has 0 bridgehead atoms. The summed E-state index contributed by atoms with van der Waals surface area (Å²) in [5.74, 6) is -0.375. The van der Waals surface area contributed by atoms with Crippen molar-refractivity contribution in [1.29, 1.82) is 0 Å². The number of esters is 1. The van der Waals surface area contributed by atoms with Gasteiger partial charge in [0.2, 0.25) is 0 Å². The lowest BCUT2D eigenvalue weighted by Gasteiger charge is -2.09. The van der Waals surface area contributed by atoms with Crippen molar-refractivity contribution in [3.63, 3.8) is 0 Å². The van der Waals surface area contributed by atoms with E-state index in [-0.39, 0.29) is 17.3 Å². The van der Waals surface area contributed by atoms with Crippen LogP contribution in [0.15, 0.2) is 18.2 Å². The van der Waals surface area contributed by atoms with Crippen molar-refractivity contribution in [2.75, 3.05) is 7.11 Å². The lowest BCUT2D eigenvalue weighted by atomic mass is 9.97. The second kappa shape index (κ2) is 5.82. The summed E-state index contributed by atoms with van der Waals surface area (Å²) in [6.07, 6.45) is 0.394. The van der Waals surface area contributed by atoms with Crippen molar-refractivity contribution >= 4 is 23.4 Å². The average Bonchev–Trinajstić information content (AvgIpc) is 2.26. The normalized spacial score (nSPS) is 10.4. The molecule has 0 saturated carbocycles. The second-order valence-electron chi connectivity index (χ2n) is 4.20. The maximum absolute atomic E-state index is 12.0. The molecule has 0 aromatic heterocycles. The van der Waals surface area contributed by atoms with Gasteiger partial charge in [-0.3, -0.25) is 4.79 Å². The highest BCUT2D eigenvalue weighted by Crippen LogP contribution is 2.20. The minimum absolute atomic E-state index is 0.0722. The van der Waals surface area contributed by atoms with Gasteiger partial charge in [0, 0.05) is 17.0 Å². The lowest BCUT2D eigenvalue weighted by molar-refractivity contribution is 0.0596. The van der Waals surface area contributed by atoms with Crippen LogP contribution in [0.25, 0.3) is 0 Å². The number of hydrogen-bond donors (Lipinski definition) is 0. The summed E-state index contributed by atoms with van der Waals surface area (Å²) >= 11 is 5.81. The number of carbonyl (C=O) groups excluding carboxylic acids is 2. The Kier molecular flexibility index (Phi) is 4.70. The van der Waals surface area contributed by atoms with Gasteiger partial charge in [-0.15, -0.1) is 0 Å². The Balaban J connectivity index is 3.14. The number of Topliss-reactive ketones (excluding diaryl/α,β-unsaturated/α-hetero) is 1. The molecule has 0 fully saturated rings. The highest BCUT2D eigenvalue weighted by molar-refractivity contribution is 6.31. The molecule has 0 aliphatic carbocycles. The van der Waals surface area contributed by atoms with Crippen LogP contribution < -0.4 is 0 Å². The summed E-state index contributed by atoms with van der Waals surface area (Å²) in [5, 5.41) is 0.409. The summed E-state index contributed by atoms with van der Waals surface area (Å²) in [6.45, 7) is 3.90. The first-order valence-electron chi connectivity index (χ1n) is 5.36. The Morgan fingerprint density at radius 1 is 1.29 bits per heavy atom. The SMILES string of the molecule is COC(=O)c1cc(Cl)ccc1C(=O)CC(C)C. The molecule has 0 aliphatic rings. The second-order valence-corrected chi connectivity index (χ2v) is 4.64. The Morgan fingerprint density at radius 3 is 2.47 bits per heavy atom. The molecule has 0 N–H and O–H groups in total. The molecule has 17 heavy (non-hydrogen) atoms. The standard InChI is InChI=1S/C13H15ClO3/c1-8(2)6-12(15)10-5-4-9(14)7-11(10)13(16)17-3/h4-5,7-8H,6H2,1-3H3. The molecule has 0 heterocycles. The third-order valence-corrected chi connectivity index (χ3v) is 2.52. The Bertz CT molecular complexity index is 438. The molecular weight excluding hydrogens is 240 g/mol. The average molecular weight is 255 g/mol. The van der Waals surface area contributed by atoms with Crippen molar-refractivity contribution < 1.29 is 14.3 Å². The van der Waals surface area contributed by atoms with Gasteiger partial charge >= 0.3 is 5.97 Å². The number of rotatable bonds is 4. The van der Waals surface area contributed by atoms with Gasteiger partial charge in [0.25, 0.3) is 0 Å². The number of hydrogen-bond acceptors (Lipinski definition) is 3. The fourth-order valence-electron chi connectivity index (χ4n) is 1.52. The number of halogens is 1. The summed E-state index contributed by atoms with van der Waals surface area (Å²) in [5.41, 5.74) is 0.598. The largest absolute Gasteiger partial charge is 0.465 e. The topological polar surface area (TPSA) is 43.4 Å². The number of methoxy groups -OCH3 is 1. The van der Waals surface area contributed by atoms with E-state index in [1.54, 1.807) is 12.1 Å². The van der Waals surface area contributed by atoms with Crippen LogP contribution in [0.1, 0.15) is 41.0 Å². The first kappa shape index (κ1) is 13.7. The van der Waals surface area contributed by atoms with Crippen LogP contribution in [-0.4, -0.2) is 18.9 Å². The Morgan fingerprint density at radius 2 is 1.94 bits per heavy atom. The van der Waals surface area contributed by atoms with E-state index in [0.29, 0.717) is 17.0 Å². The van der Waals surface area contributed by atoms with E-state index < -0.39 is 5.97 Å². The summed E-state index contributed by atoms with van der Waals surface area (Å²) in [4.78, 5) is 23.5. The summed E-state index contributed by atoms with van der Waals surface area (Å²) in [7, 11) is 1.28. The molecular formula is C13H15ClO3. The molecule has 0 atom stereocenters. The highest BCUT2D eigenvalue weighted by atomic mass is 35.5. The van der Waals surface area contributed by atoms with Crippen LogP contribution in [0.5, 0.6) is 0 Å². The fourth-order valence-corrected chi connectivity index (χ4v) is 1.69. The highest BCUT2D eigenvalue weighted by Gasteiger charge is 2.18. The molecule has 1 aromatic carbocycles. The third kappa shape index (κ3) is 3.56. The Labute approximate surface area is 106 Å². The quantitative estimate of drug-likeness (QED) is 0.611. The first-order valence-corrected chi connectivity index (χ1v) is 5.74. The van der Waals surface area contributed by atoms with E-state index in [2.05, 4.69) is 4.74 Å². The van der Waals surface area contributed by atoms with Gasteiger partial charge in [-0.25, -0.2) is 4.79 Å². The molecule has 3 nitrogen and oxygen atoms in total. The number of benzene rings is 1. The fraction of sp³-hybridized carbons (Fsp3) is 0.385. The van der Waals surface area contributed by atoms with Crippen molar-refractivity contribution in [2.45, 2.75) is 20.3 Å². The molecule has 1 rings (SSSR count). The number of ketones is 1. The van der Waals surface area contributed by atoms with Crippen molar-refractivity contribution in [3.05, 3.63) is 34.3 Å². The zero-order valence-corrected chi connectivity index (χ0v) is 10.9. The van der Waals surface area contributed by atoms with Gasteiger partial charge in [-0.1, -0.05) is 25.4 Å². The van der Waals surface area contributed by atoms with Crippen LogP contribution in [0, 0.1) is 5.92 Å². The van der Waals surface area contributed by atoms with Gasteiger partial charge < -0.3 is 4.74 Å². The van der Waals surface area contributed by atoms with E-state index in [9.17, 15) is 9.59 Å². The molecule has 4 heteroatoms. The van der Waals surface area contributed by atoms with Crippen LogP contribution in [0.3, 0.4) is 0 Å². The Hall–Kier alpha value is -1.35. The summed E-state index contributed by atoms with van der Waals surface area (Å²) in [6, 6.07) is 4.63. The molecule has 1 aromatic rings. The molecule has 0 unspecified atom stereocenters. The van der Waals surface area contributed by atoms with Crippen molar-refractivity contribution in [1.82, 2.24) is 0 Å². The molecule has 92 valence electrons. The lowest BCUT2D eigenvalue weighted by Crippen LogP contribution is -2.12. The van der Waals surface area contributed by atoms with Gasteiger partial charge in [0.1, 0.15) is 0 Å².